The Labute approximate surface area is 241 Å². The number of nitrogens with zero attached hydrogens (tertiary/aromatic N) is 2. The summed E-state index contributed by atoms with van der Waals surface area (Å²) in [4.78, 5) is 66.6. The number of hydrogen-bond donors (Lipinski definition) is 7. The van der Waals surface area contributed by atoms with Crippen LogP contribution >= 0.6 is 0 Å². The fourth-order valence-electron chi connectivity index (χ4n) is 6.37. The van der Waals surface area contributed by atoms with E-state index in [9.17, 15) is 44.4 Å². The summed E-state index contributed by atoms with van der Waals surface area (Å²) in [7, 11) is 6.45. The van der Waals surface area contributed by atoms with Crippen molar-refractivity contribution in [2.45, 2.75) is 31.4 Å². The number of aromatic hydroxyl groups is 1. The van der Waals surface area contributed by atoms with Gasteiger partial charge in [-0.1, -0.05) is 0 Å². The minimum atomic E-state index is -2.76. The molecule has 14 heteroatoms. The molecule has 0 unspecified atom stereocenters. The van der Waals surface area contributed by atoms with E-state index >= 15 is 0 Å². The van der Waals surface area contributed by atoms with Crippen molar-refractivity contribution in [2.24, 2.45) is 17.6 Å². The largest absolute Gasteiger partial charge is 0.508 e. The van der Waals surface area contributed by atoms with Gasteiger partial charge in [-0.25, -0.2) is 0 Å². The van der Waals surface area contributed by atoms with Gasteiger partial charge in [-0.3, -0.25) is 28.9 Å². The van der Waals surface area contributed by atoms with E-state index in [4.69, 9.17) is 5.73 Å². The molecule has 1 fully saturated rings. The Balaban J connectivity index is 1.89. The highest BCUT2D eigenvalue weighted by Crippen LogP contribution is 2.54. The van der Waals surface area contributed by atoms with Gasteiger partial charge in [0.15, 0.2) is 11.4 Å². The number of anilines is 1. The van der Waals surface area contributed by atoms with Gasteiger partial charge in [0.25, 0.3) is 11.8 Å². The molecule has 3 aliphatic rings. The number of nitrogens with one attached hydrogen (secondary N) is 2. The lowest BCUT2D eigenvalue weighted by atomic mass is 9.57. The lowest BCUT2D eigenvalue weighted by Gasteiger charge is -2.50. The second-order valence-corrected chi connectivity index (χ2v) is 11.2. The van der Waals surface area contributed by atoms with Crippen LogP contribution in [0.2, 0.25) is 0 Å². The Bertz CT molecular complexity index is 1480. The molecule has 1 saturated carbocycles. The molecule has 0 saturated heterocycles. The Morgan fingerprint density at radius 2 is 1.69 bits per heavy atom. The Hall–Kier alpha value is -4.43. The Kier molecular flexibility index (Phi) is 7.82. The fourth-order valence-corrected chi connectivity index (χ4v) is 6.37. The van der Waals surface area contributed by atoms with Gasteiger partial charge < -0.3 is 41.7 Å². The van der Waals surface area contributed by atoms with Crippen molar-refractivity contribution in [3.05, 3.63) is 39.7 Å². The minimum absolute atomic E-state index is 0.0495. The number of nitrogens with two attached hydrogens (primary N) is 1. The van der Waals surface area contributed by atoms with Gasteiger partial charge in [0.1, 0.15) is 22.8 Å². The van der Waals surface area contributed by atoms with Gasteiger partial charge >= 0.3 is 0 Å². The number of phenolic OH excluding ortho intramolecular Hbond substituents is 1. The molecule has 0 aliphatic heterocycles. The number of Topliss-reactive ketones (excluding diaryl/α,β-unsaturated/α-hetero) is 2. The average molecular weight is 586 g/mol. The van der Waals surface area contributed by atoms with E-state index in [0.717, 1.165) is 0 Å². The van der Waals surface area contributed by atoms with Gasteiger partial charge in [0.05, 0.1) is 17.2 Å². The zero-order chi connectivity index (χ0) is 31.4. The van der Waals surface area contributed by atoms with Crippen molar-refractivity contribution in [3.8, 4) is 5.75 Å². The standard InChI is InChI=1S/C28H35N5O9/c1-11(34)30-6-7-31-27(41)14-10-16(32(2)3)13-8-12-9-15-20(33(4)5)23(37)19(26(29)40)25(39)28(15,42)24(38)17(12)22(36)18(13)21(14)35/h10,12,15,20,35-36,39,42H,6-9H2,1-5H3,(H2,29,40)(H,30,34)(H,31,41)/t12-,15-,20-,28-/m0/s1. The molecular formula is C28H35N5O9. The van der Waals surface area contributed by atoms with E-state index in [1.54, 1.807) is 19.0 Å². The summed E-state index contributed by atoms with van der Waals surface area (Å²) in [6, 6.07) is 0.259. The van der Waals surface area contributed by atoms with Crippen LogP contribution in [0, 0.1) is 11.8 Å². The van der Waals surface area contributed by atoms with Gasteiger partial charge in [-0.15, -0.1) is 0 Å². The van der Waals surface area contributed by atoms with Gasteiger partial charge in [0, 0.05) is 51.3 Å². The van der Waals surface area contributed by atoms with E-state index in [1.165, 1.54) is 32.0 Å². The number of carbonyl (C=O) groups is 5. The van der Waals surface area contributed by atoms with Crippen LogP contribution in [0.3, 0.4) is 0 Å². The normalized spacial score (nSPS) is 25.1. The molecule has 8 N–H and O–H groups in total. The topological polar surface area (TPSA) is 223 Å². The number of ketones is 2. The number of carbonyl (C=O) groups excluding carboxylic acids is 5. The van der Waals surface area contributed by atoms with Crippen LogP contribution in [0.25, 0.3) is 5.76 Å². The number of rotatable bonds is 7. The third-order valence-electron chi connectivity index (χ3n) is 8.21. The summed E-state index contributed by atoms with van der Waals surface area (Å²) in [5, 5.41) is 50.6. The molecular weight excluding hydrogens is 550 g/mol. The lowest BCUT2D eigenvalue weighted by Crippen LogP contribution is -2.65. The summed E-state index contributed by atoms with van der Waals surface area (Å²) in [5.74, 6) is -8.70. The van der Waals surface area contributed by atoms with Crippen LogP contribution in [0.15, 0.2) is 23.0 Å². The van der Waals surface area contributed by atoms with E-state index in [-0.39, 0.29) is 48.5 Å². The lowest BCUT2D eigenvalue weighted by molar-refractivity contribution is -0.153. The summed E-state index contributed by atoms with van der Waals surface area (Å²) in [6.07, 6.45) is 0.0326. The van der Waals surface area contributed by atoms with E-state index in [0.29, 0.717) is 11.3 Å². The number of primary amides is 1. The minimum Gasteiger partial charge on any atom is -0.508 e. The first kappa shape index (κ1) is 30.5. The van der Waals surface area contributed by atoms with Crippen LogP contribution in [0.1, 0.15) is 34.8 Å². The molecule has 226 valence electrons. The number of benzene rings is 1. The average Bonchev–Trinajstić information content (AvgIpc) is 2.88. The predicted octanol–water partition coefficient (Wildman–Crippen LogP) is -1.10. The number of hydrogen-bond acceptors (Lipinski definition) is 11. The fraction of sp³-hybridized carbons (Fsp3) is 0.464. The smallest absolute Gasteiger partial charge is 0.255 e. The van der Waals surface area contributed by atoms with Crippen LogP contribution < -0.4 is 21.3 Å². The van der Waals surface area contributed by atoms with Crippen molar-refractivity contribution in [1.82, 2.24) is 15.5 Å². The highest BCUT2D eigenvalue weighted by molar-refractivity contribution is 6.24. The maximum atomic E-state index is 14.0. The molecule has 4 atom stereocenters. The number of aliphatic hydroxyl groups excluding tert-OH is 2. The Morgan fingerprint density at radius 1 is 1.07 bits per heavy atom. The van der Waals surface area contributed by atoms with Crippen LogP contribution in [0.5, 0.6) is 5.75 Å². The maximum absolute atomic E-state index is 14.0. The summed E-state index contributed by atoms with van der Waals surface area (Å²) >= 11 is 0. The molecule has 14 nitrogen and oxygen atoms in total. The van der Waals surface area contributed by atoms with E-state index in [2.05, 4.69) is 10.6 Å². The molecule has 0 spiro atoms. The first-order valence-electron chi connectivity index (χ1n) is 13.3. The number of aliphatic hydroxyl groups is 3. The van der Waals surface area contributed by atoms with Gasteiger partial charge in [-0.2, -0.15) is 0 Å². The molecule has 1 aromatic carbocycles. The molecule has 0 heterocycles. The van der Waals surface area contributed by atoms with E-state index in [1.807, 2.05) is 0 Å². The number of likely N-dealkylation sites (N-methyl/N-ethyl adjacent to an activating group) is 1. The molecule has 42 heavy (non-hydrogen) atoms. The second kappa shape index (κ2) is 10.8. The SMILES string of the molecule is CC(=O)NCCNC(=O)c1cc(N(C)C)c2c(c1O)C(O)=C1C(=O)[C@]3(O)C(O)=C(C(N)=O)C(=O)[C@@H](N(C)C)[C@@H]3C[C@@H]1C2. The zero-order valence-corrected chi connectivity index (χ0v) is 23.9. The van der Waals surface area contributed by atoms with Crippen molar-refractivity contribution in [2.75, 3.05) is 46.2 Å². The first-order chi connectivity index (χ1) is 19.5. The molecule has 0 radical (unpaired) electrons. The summed E-state index contributed by atoms with van der Waals surface area (Å²) in [6.45, 7) is 1.51. The molecule has 4 rings (SSSR count). The van der Waals surface area contributed by atoms with Crippen molar-refractivity contribution in [1.29, 1.82) is 0 Å². The molecule has 0 bridgehead atoms. The maximum Gasteiger partial charge on any atom is 0.255 e. The van der Waals surface area contributed by atoms with Crippen molar-refractivity contribution >= 4 is 40.7 Å². The predicted molar refractivity (Wildman–Crippen MR) is 150 cm³/mol. The van der Waals surface area contributed by atoms with Gasteiger partial charge in [0.2, 0.25) is 11.7 Å². The quantitative estimate of drug-likeness (QED) is 0.150. The zero-order valence-electron chi connectivity index (χ0n) is 23.9. The van der Waals surface area contributed by atoms with Crippen LogP contribution in [0.4, 0.5) is 5.69 Å². The molecule has 3 amide bonds. The summed E-state index contributed by atoms with van der Waals surface area (Å²) < 4.78 is 0. The van der Waals surface area contributed by atoms with Crippen LogP contribution in [-0.2, 0) is 25.6 Å². The van der Waals surface area contributed by atoms with Crippen molar-refractivity contribution < 1.29 is 44.4 Å². The monoisotopic (exact) mass is 585 g/mol. The summed E-state index contributed by atoms with van der Waals surface area (Å²) in [5.41, 5.74) is 1.88. The highest BCUT2D eigenvalue weighted by Gasteiger charge is 2.64. The molecule has 3 aliphatic carbocycles. The number of amides is 3. The van der Waals surface area contributed by atoms with Crippen LogP contribution in [-0.4, -0.2) is 108 Å². The first-order valence-corrected chi connectivity index (χ1v) is 13.3. The molecule has 1 aromatic rings. The van der Waals surface area contributed by atoms with E-state index < -0.39 is 69.7 Å². The Morgan fingerprint density at radius 3 is 2.24 bits per heavy atom. The third-order valence-corrected chi connectivity index (χ3v) is 8.21. The third kappa shape index (κ3) is 4.56. The second-order valence-electron chi connectivity index (χ2n) is 11.2. The number of phenols is 1. The number of fused-ring (bicyclic) bond motifs is 3. The highest BCUT2D eigenvalue weighted by atomic mass is 16.3. The van der Waals surface area contributed by atoms with Gasteiger partial charge in [-0.05, 0) is 44.5 Å². The van der Waals surface area contributed by atoms with Crippen molar-refractivity contribution in [3.63, 3.8) is 0 Å². The molecule has 0 aromatic heterocycles.